The summed E-state index contributed by atoms with van der Waals surface area (Å²) in [5.41, 5.74) is 0. The zero-order valence-electron chi connectivity index (χ0n) is 4.32. The summed E-state index contributed by atoms with van der Waals surface area (Å²) >= 11 is 10.1. The summed E-state index contributed by atoms with van der Waals surface area (Å²) in [6.45, 7) is 2.04. The summed E-state index contributed by atoms with van der Waals surface area (Å²) in [5.74, 6) is 0. The van der Waals surface area contributed by atoms with Gasteiger partial charge >= 0.3 is 0 Å². The molecule has 1 atom stereocenters. The maximum Gasteiger partial charge on any atom is 0.0561 e. The van der Waals surface area contributed by atoms with Crippen molar-refractivity contribution in [2.24, 2.45) is 0 Å². The van der Waals surface area contributed by atoms with Gasteiger partial charge < -0.3 is 0 Å². The molecular formula is C5H9ClS. The molecule has 0 N–H and O–H groups in total. The normalized spacial score (nSPS) is 29.6. The molecule has 0 spiro atoms. The predicted molar refractivity (Wildman–Crippen MR) is 36.3 cm³/mol. The lowest BCUT2D eigenvalue weighted by atomic mass is 10.3. The molecule has 0 amide bonds. The Morgan fingerprint density at radius 3 is 2.14 bits per heavy atom. The summed E-state index contributed by atoms with van der Waals surface area (Å²) in [6, 6.07) is 0. The van der Waals surface area contributed by atoms with Gasteiger partial charge in [-0.05, 0) is 12.8 Å². The molecule has 2 heteroatoms. The summed E-state index contributed by atoms with van der Waals surface area (Å²) in [4.78, 5) is 0.0864. The van der Waals surface area contributed by atoms with Crippen LogP contribution in [-0.4, -0.2) is 10.1 Å². The van der Waals surface area contributed by atoms with Gasteiger partial charge in [0, 0.05) is 5.25 Å². The number of hydrogen-bond acceptors (Lipinski definition) is 1. The molecular weight excluding hydrogens is 128 g/mol. The third-order valence-corrected chi connectivity index (χ3v) is 2.83. The highest BCUT2D eigenvalue weighted by atomic mass is 35.5. The minimum Gasteiger partial charge on any atom is -0.174 e. The van der Waals surface area contributed by atoms with Crippen molar-refractivity contribution in [3.8, 4) is 0 Å². The molecule has 0 aromatic heterocycles. The third-order valence-electron chi connectivity index (χ3n) is 1.48. The lowest BCUT2D eigenvalue weighted by molar-refractivity contribution is 0.867. The highest BCUT2D eigenvalue weighted by Gasteiger charge is 2.43. The molecule has 0 saturated heterocycles. The van der Waals surface area contributed by atoms with Gasteiger partial charge in [-0.25, -0.2) is 0 Å². The smallest absolute Gasteiger partial charge is 0.0561 e. The lowest BCUT2D eigenvalue weighted by Gasteiger charge is -2.06. The van der Waals surface area contributed by atoms with Crippen molar-refractivity contribution in [1.82, 2.24) is 0 Å². The van der Waals surface area contributed by atoms with Crippen LogP contribution in [0.15, 0.2) is 0 Å². The first-order valence-corrected chi connectivity index (χ1v) is 3.41. The van der Waals surface area contributed by atoms with Crippen LogP contribution in [0.2, 0.25) is 0 Å². The van der Waals surface area contributed by atoms with Crippen LogP contribution >= 0.6 is 24.2 Å². The highest BCUT2D eigenvalue weighted by molar-refractivity contribution is 7.81. The van der Waals surface area contributed by atoms with Gasteiger partial charge in [0.2, 0.25) is 0 Å². The first-order chi connectivity index (χ1) is 3.15. The molecule has 0 bridgehead atoms. The minimum atomic E-state index is 0.0864. The van der Waals surface area contributed by atoms with Gasteiger partial charge in [0.05, 0.1) is 4.87 Å². The van der Waals surface area contributed by atoms with E-state index in [4.69, 9.17) is 11.6 Å². The average Bonchev–Trinajstić information content (AvgIpc) is 2.21. The van der Waals surface area contributed by atoms with Gasteiger partial charge in [0.25, 0.3) is 0 Å². The Morgan fingerprint density at radius 1 is 1.71 bits per heavy atom. The van der Waals surface area contributed by atoms with Crippen LogP contribution < -0.4 is 0 Å². The van der Waals surface area contributed by atoms with E-state index in [-0.39, 0.29) is 4.87 Å². The van der Waals surface area contributed by atoms with Crippen LogP contribution in [-0.2, 0) is 0 Å². The molecule has 1 saturated carbocycles. The SMILES string of the molecule is CC(S)C1(Cl)CC1. The van der Waals surface area contributed by atoms with Crippen molar-refractivity contribution in [1.29, 1.82) is 0 Å². The number of thiol groups is 1. The first-order valence-electron chi connectivity index (χ1n) is 2.52. The van der Waals surface area contributed by atoms with Crippen molar-refractivity contribution < 1.29 is 0 Å². The largest absolute Gasteiger partial charge is 0.174 e. The van der Waals surface area contributed by atoms with E-state index in [1.807, 2.05) is 6.92 Å². The molecule has 0 aromatic rings. The molecule has 0 nitrogen and oxygen atoms in total. The molecule has 1 aliphatic rings. The topological polar surface area (TPSA) is 0 Å². The van der Waals surface area contributed by atoms with E-state index < -0.39 is 0 Å². The number of hydrogen-bond donors (Lipinski definition) is 1. The molecule has 1 aliphatic carbocycles. The van der Waals surface area contributed by atoms with Crippen LogP contribution in [0.3, 0.4) is 0 Å². The number of rotatable bonds is 1. The Bertz CT molecular complexity index is 76.1. The fraction of sp³-hybridized carbons (Fsp3) is 1.00. The molecule has 0 radical (unpaired) electrons. The monoisotopic (exact) mass is 136 g/mol. The van der Waals surface area contributed by atoms with E-state index in [0.29, 0.717) is 5.25 Å². The maximum absolute atomic E-state index is 5.90. The van der Waals surface area contributed by atoms with Gasteiger partial charge in [-0.15, -0.1) is 11.6 Å². The second kappa shape index (κ2) is 1.56. The van der Waals surface area contributed by atoms with Gasteiger partial charge in [-0.3, -0.25) is 0 Å². The zero-order chi connectivity index (χ0) is 5.49. The first kappa shape index (κ1) is 5.77. The lowest BCUT2D eigenvalue weighted by Crippen LogP contribution is -2.10. The van der Waals surface area contributed by atoms with Crippen LogP contribution in [0.1, 0.15) is 19.8 Å². The van der Waals surface area contributed by atoms with E-state index in [1.54, 1.807) is 0 Å². The van der Waals surface area contributed by atoms with E-state index in [0.717, 1.165) is 12.8 Å². The Balaban J connectivity index is 2.39. The average molecular weight is 137 g/mol. The molecule has 1 fully saturated rings. The van der Waals surface area contributed by atoms with Crippen LogP contribution in [0.4, 0.5) is 0 Å². The van der Waals surface area contributed by atoms with Crippen LogP contribution in [0.5, 0.6) is 0 Å². The van der Waals surface area contributed by atoms with Crippen LogP contribution in [0.25, 0.3) is 0 Å². The van der Waals surface area contributed by atoms with E-state index >= 15 is 0 Å². The summed E-state index contributed by atoms with van der Waals surface area (Å²) < 4.78 is 0. The Morgan fingerprint density at radius 2 is 2.14 bits per heavy atom. The van der Waals surface area contributed by atoms with Gasteiger partial charge in [0.15, 0.2) is 0 Å². The van der Waals surface area contributed by atoms with Gasteiger partial charge in [-0.1, -0.05) is 6.92 Å². The molecule has 42 valence electrons. The molecule has 1 unspecified atom stereocenters. The predicted octanol–water partition coefficient (Wildman–Crippen LogP) is 2.08. The van der Waals surface area contributed by atoms with E-state index in [2.05, 4.69) is 12.6 Å². The highest BCUT2D eigenvalue weighted by Crippen LogP contribution is 2.47. The second-order valence-corrected chi connectivity index (χ2v) is 3.74. The minimum absolute atomic E-state index is 0.0864. The quantitative estimate of drug-likeness (QED) is 0.414. The van der Waals surface area contributed by atoms with Crippen molar-refractivity contribution in [3.05, 3.63) is 0 Å². The molecule has 0 aromatic carbocycles. The molecule has 0 heterocycles. The Labute approximate surface area is 54.7 Å². The molecule has 0 aliphatic heterocycles. The van der Waals surface area contributed by atoms with Crippen molar-refractivity contribution in [2.45, 2.75) is 29.9 Å². The Hall–Kier alpha value is 0.640. The molecule has 7 heavy (non-hydrogen) atoms. The zero-order valence-corrected chi connectivity index (χ0v) is 5.97. The summed E-state index contributed by atoms with van der Waals surface area (Å²) in [7, 11) is 0. The second-order valence-electron chi connectivity index (χ2n) is 2.21. The molecule has 1 rings (SSSR count). The van der Waals surface area contributed by atoms with Gasteiger partial charge in [-0.2, -0.15) is 12.6 Å². The third kappa shape index (κ3) is 1.06. The summed E-state index contributed by atoms with van der Waals surface area (Å²) in [6.07, 6.45) is 2.30. The van der Waals surface area contributed by atoms with Crippen LogP contribution in [0, 0.1) is 0 Å². The van der Waals surface area contributed by atoms with Crippen molar-refractivity contribution in [2.75, 3.05) is 0 Å². The van der Waals surface area contributed by atoms with E-state index in [1.165, 1.54) is 0 Å². The maximum atomic E-state index is 5.90. The van der Waals surface area contributed by atoms with Crippen molar-refractivity contribution in [3.63, 3.8) is 0 Å². The van der Waals surface area contributed by atoms with Crippen molar-refractivity contribution >= 4 is 24.2 Å². The van der Waals surface area contributed by atoms with E-state index in [9.17, 15) is 0 Å². The fourth-order valence-corrected chi connectivity index (χ4v) is 0.890. The Kier molecular flexibility index (Phi) is 1.29. The van der Waals surface area contributed by atoms with Gasteiger partial charge in [0.1, 0.15) is 0 Å². The summed E-state index contributed by atoms with van der Waals surface area (Å²) in [5, 5.41) is 0.370. The number of alkyl halides is 1. The number of halogens is 1. The standard InChI is InChI=1S/C5H9ClS/c1-4(7)5(6)2-3-5/h4,7H,2-3H2,1H3. The fourth-order valence-electron chi connectivity index (χ4n) is 0.537.